The Kier molecular flexibility index (Phi) is 4.82. The van der Waals surface area contributed by atoms with E-state index in [9.17, 15) is 0 Å². The second-order valence-corrected chi connectivity index (χ2v) is 2.59. The lowest BCUT2D eigenvalue weighted by Gasteiger charge is -1.96. The molecule has 1 rings (SSSR count). The Morgan fingerprint density at radius 3 is 2.38 bits per heavy atom. The van der Waals surface area contributed by atoms with Gasteiger partial charge in [0.25, 0.3) is 0 Å². The quantitative estimate of drug-likeness (QED) is 0.639. The van der Waals surface area contributed by atoms with Crippen LogP contribution in [-0.2, 0) is 0 Å². The summed E-state index contributed by atoms with van der Waals surface area (Å²) in [6, 6.07) is 1.99. The van der Waals surface area contributed by atoms with Crippen molar-refractivity contribution >= 4 is 12.8 Å². The molecule has 0 unspecified atom stereocenters. The fourth-order valence-corrected chi connectivity index (χ4v) is 0.920. The topological polar surface area (TPSA) is 38.9 Å². The summed E-state index contributed by atoms with van der Waals surface area (Å²) in [7, 11) is 0. The molecule has 0 atom stereocenters. The van der Waals surface area contributed by atoms with Gasteiger partial charge in [0.2, 0.25) is 0 Å². The number of nitrogens with two attached hydrogens (primary N) is 1. The molecule has 1 heterocycles. The Morgan fingerprint density at radius 1 is 1.38 bits per heavy atom. The number of hydrogen-bond donors (Lipinski definition) is 1. The van der Waals surface area contributed by atoms with Crippen LogP contribution in [0.4, 0.5) is 0 Å². The maximum absolute atomic E-state index is 5.36. The molecule has 0 aromatic carbocycles. The molecule has 1 aromatic heterocycles. The van der Waals surface area contributed by atoms with Crippen molar-refractivity contribution in [2.75, 3.05) is 0 Å². The van der Waals surface area contributed by atoms with Crippen molar-refractivity contribution in [1.29, 1.82) is 0 Å². The fourth-order valence-electron chi connectivity index (χ4n) is 0.920. The smallest absolute Gasteiger partial charge is 0.0648 e. The lowest BCUT2D eigenvalue weighted by atomic mass is 10.2. The van der Waals surface area contributed by atoms with Crippen molar-refractivity contribution in [3.8, 4) is 0 Å². The maximum atomic E-state index is 5.36. The molecular weight excluding hydrogens is 160 g/mol. The van der Waals surface area contributed by atoms with E-state index in [2.05, 4.69) is 11.6 Å². The Morgan fingerprint density at radius 2 is 1.92 bits per heavy atom. The molecule has 0 fully saturated rings. The summed E-state index contributed by atoms with van der Waals surface area (Å²) in [5.74, 6) is 0. The van der Waals surface area contributed by atoms with Gasteiger partial charge in [0.05, 0.1) is 5.35 Å². The first kappa shape index (κ1) is 11.7. The van der Waals surface area contributed by atoms with Gasteiger partial charge in [0.15, 0.2) is 0 Å². The van der Waals surface area contributed by atoms with E-state index in [-0.39, 0.29) is 0 Å². The van der Waals surface area contributed by atoms with Gasteiger partial charge in [-0.2, -0.15) is 0 Å². The van der Waals surface area contributed by atoms with E-state index in [4.69, 9.17) is 5.73 Å². The van der Waals surface area contributed by atoms with E-state index >= 15 is 0 Å². The Bertz CT molecular complexity index is 366. The van der Waals surface area contributed by atoms with Crippen LogP contribution in [0, 0.1) is 13.8 Å². The van der Waals surface area contributed by atoms with Gasteiger partial charge in [-0.3, -0.25) is 4.98 Å². The van der Waals surface area contributed by atoms with E-state index in [1.807, 2.05) is 33.8 Å². The third-order valence-electron chi connectivity index (χ3n) is 1.76. The third kappa shape index (κ3) is 2.90. The molecule has 2 heteroatoms. The van der Waals surface area contributed by atoms with E-state index in [1.54, 1.807) is 0 Å². The van der Waals surface area contributed by atoms with Crippen LogP contribution in [-0.4, -0.2) is 4.98 Å². The number of aromatic nitrogens is 1. The highest BCUT2D eigenvalue weighted by molar-refractivity contribution is 5.26. The minimum atomic E-state index is 0.746. The normalized spacial score (nSPS) is 10.6. The first-order valence-corrected chi connectivity index (χ1v) is 4.50. The second-order valence-electron chi connectivity index (χ2n) is 2.59. The zero-order valence-corrected chi connectivity index (χ0v) is 8.89. The molecule has 0 spiro atoms. The van der Waals surface area contributed by atoms with Crippen LogP contribution in [0.15, 0.2) is 6.07 Å². The van der Waals surface area contributed by atoms with Crippen LogP contribution in [0.5, 0.6) is 0 Å². The zero-order chi connectivity index (χ0) is 10.4. The predicted octanol–water partition coefficient (Wildman–Crippen LogP) is 0.832. The molecule has 0 aliphatic rings. The summed E-state index contributed by atoms with van der Waals surface area (Å²) in [4.78, 5) is 4.22. The van der Waals surface area contributed by atoms with E-state index in [0.717, 1.165) is 21.8 Å². The van der Waals surface area contributed by atoms with Crippen LogP contribution in [0.2, 0.25) is 0 Å². The summed E-state index contributed by atoms with van der Waals surface area (Å²) in [5, 5.41) is 1.66. The molecule has 13 heavy (non-hydrogen) atoms. The molecule has 0 bridgehead atoms. The highest BCUT2D eigenvalue weighted by atomic mass is 14.7. The predicted molar refractivity (Wildman–Crippen MR) is 58.5 cm³/mol. The van der Waals surface area contributed by atoms with Gasteiger partial charge in [0.1, 0.15) is 0 Å². The summed E-state index contributed by atoms with van der Waals surface area (Å²) < 4.78 is 0. The van der Waals surface area contributed by atoms with Crippen LogP contribution >= 0.6 is 0 Å². The largest absolute Gasteiger partial charge is 0.404 e. The van der Waals surface area contributed by atoms with Crippen LogP contribution in [0.1, 0.15) is 25.1 Å². The van der Waals surface area contributed by atoms with Crippen molar-refractivity contribution in [3.63, 3.8) is 0 Å². The number of aryl methyl sites for hydroxylation is 2. The van der Waals surface area contributed by atoms with Crippen molar-refractivity contribution in [1.82, 2.24) is 4.98 Å². The van der Waals surface area contributed by atoms with Crippen LogP contribution < -0.4 is 16.3 Å². The van der Waals surface area contributed by atoms with Gasteiger partial charge in [0, 0.05) is 17.1 Å². The van der Waals surface area contributed by atoms with Gasteiger partial charge in [-0.05, 0) is 25.5 Å². The molecule has 2 nitrogen and oxygen atoms in total. The summed E-state index contributed by atoms with van der Waals surface area (Å²) in [5.41, 5.74) is 7.53. The van der Waals surface area contributed by atoms with Gasteiger partial charge in [-0.1, -0.05) is 20.4 Å². The summed E-state index contributed by atoms with van der Waals surface area (Å²) in [6.45, 7) is 11.7. The van der Waals surface area contributed by atoms with Crippen molar-refractivity contribution in [2.45, 2.75) is 27.7 Å². The average molecular weight is 178 g/mol. The molecule has 0 saturated carbocycles. The van der Waals surface area contributed by atoms with E-state index in [0.29, 0.717) is 0 Å². The van der Waals surface area contributed by atoms with Crippen LogP contribution in [0.3, 0.4) is 0 Å². The first-order chi connectivity index (χ1) is 6.15. The molecule has 0 radical (unpaired) electrons. The van der Waals surface area contributed by atoms with Gasteiger partial charge < -0.3 is 5.73 Å². The van der Waals surface area contributed by atoms with E-state index in [1.165, 1.54) is 6.20 Å². The van der Waals surface area contributed by atoms with Gasteiger partial charge >= 0.3 is 0 Å². The lowest BCUT2D eigenvalue weighted by molar-refractivity contribution is 1.09. The lowest BCUT2D eigenvalue weighted by Crippen LogP contribution is -2.29. The summed E-state index contributed by atoms with van der Waals surface area (Å²) in [6.07, 6.45) is 1.53. The van der Waals surface area contributed by atoms with Crippen molar-refractivity contribution < 1.29 is 0 Å². The third-order valence-corrected chi connectivity index (χ3v) is 1.76. The Balaban J connectivity index is 0.000000671. The molecule has 2 N–H and O–H groups in total. The molecule has 0 aliphatic heterocycles. The van der Waals surface area contributed by atoms with Crippen molar-refractivity contribution in [3.05, 3.63) is 27.9 Å². The average Bonchev–Trinajstić information content (AvgIpc) is 2.15. The SMILES string of the molecule is C=c1nc(C)c(C)c/c1=C/N.CC. The van der Waals surface area contributed by atoms with Crippen LogP contribution in [0.25, 0.3) is 12.8 Å². The minimum absolute atomic E-state index is 0.746. The zero-order valence-electron chi connectivity index (χ0n) is 8.89. The molecular formula is C11H18N2. The standard InChI is InChI=1S/C9H12N2.C2H6/c1-6-4-9(5-10)8(3)11-7(6)2;1-2/h4-5H,3,10H2,1-2H3;1-2H3/b9-5-;. The van der Waals surface area contributed by atoms with Gasteiger partial charge in [-0.15, -0.1) is 0 Å². The highest BCUT2D eigenvalue weighted by Gasteiger charge is 1.91. The number of hydrogen-bond acceptors (Lipinski definition) is 2. The van der Waals surface area contributed by atoms with Crippen molar-refractivity contribution in [2.24, 2.45) is 5.73 Å². The Labute approximate surface area is 79.8 Å². The monoisotopic (exact) mass is 178 g/mol. The number of nitrogens with zero attached hydrogens (tertiary/aromatic N) is 1. The molecule has 0 amide bonds. The molecule has 0 saturated heterocycles. The molecule has 1 aromatic rings. The Hall–Kier alpha value is -1.31. The minimum Gasteiger partial charge on any atom is -0.404 e. The van der Waals surface area contributed by atoms with Gasteiger partial charge in [-0.25, -0.2) is 0 Å². The molecule has 72 valence electrons. The highest BCUT2D eigenvalue weighted by Crippen LogP contribution is 1.93. The number of pyridine rings is 1. The maximum Gasteiger partial charge on any atom is 0.0648 e. The fraction of sp³-hybridized carbons (Fsp3) is 0.364. The first-order valence-electron chi connectivity index (χ1n) is 4.50. The summed E-state index contributed by atoms with van der Waals surface area (Å²) >= 11 is 0. The second kappa shape index (κ2) is 5.36. The van der Waals surface area contributed by atoms with E-state index < -0.39 is 0 Å². The molecule has 0 aliphatic carbocycles. The number of rotatable bonds is 0.